The molecule has 0 fully saturated rings. The first-order valence-corrected chi connectivity index (χ1v) is 10.6. The number of hydrogen-bond donors (Lipinski definition) is 0. The number of ether oxygens (including phenoxy) is 2. The Hall–Kier alpha value is -2.27. The fraction of sp³-hybridized carbons (Fsp3) is 0.0870. The van der Waals surface area contributed by atoms with Crippen LogP contribution in [0.25, 0.3) is 11.6 Å². The van der Waals surface area contributed by atoms with Gasteiger partial charge in [-0.1, -0.05) is 41.4 Å². The molecule has 3 aromatic rings. The molecule has 0 aliphatic rings. The van der Waals surface area contributed by atoms with Crippen molar-refractivity contribution >= 4 is 57.4 Å². The molecule has 0 spiro atoms. The van der Waals surface area contributed by atoms with E-state index in [0.717, 1.165) is 14.7 Å². The van der Waals surface area contributed by atoms with Crippen molar-refractivity contribution in [3.8, 4) is 17.6 Å². The number of benzene rings is 3. The lowest BCUT2D eigenvalue weighted by Crippen LogP contribution is -2.01. The van der Waals surface area contributed by atoms with Crippen LogP contribution in [0.5, 0.6) is 11.5 Å². The molecule has 3 rings (SSSR count). The average molecular weight is 554 g/mol. The number of nitriles is 1. The second-order valence-corrected chi connectivity index (χ2v) is 8.24. The summed E-state index contributed by atoms with van der Waals surface area (Å²) in [5.74, 6) is 0.672. The number of halogens is 4. The third-order valence-corrected chi connectivity index (χ3v) is 5.59. The number of hydrogen-bond acceptors (Lipinski definition) is 3. The monoisotopic (exact) mass is 553 g/mol. The second-order valence-electron chi connectivity index (χ2n) is 6.24. The van der Waals surface area contributed by atoms with Gasteiger partial charge in [0.25, 0.3) is 0 Å². The maximum absolute atomic E-state index is 13.5. The van der Waals surface area contributed by atoms with E-state index in [2.05, 4.69) is 28.7 Å². The summed E-state index contributed by atoms with van der Waals surface area (Å²) in [4.78, 5) is 0. The van der Waals surface area contributed by atoms with Gasteiger partial charge in [0.2, 0.25) is 0 Å². The molecule has 0 saturated heterocycles. The maximum Gasteiger partial charge on any atom is 0.174 e. The van der Waals surface area contributed by atoms with Gasteiger partial charge in [-0.2, -0.15) is 5.26 Å². The zero-order chi connectivity index (χ0) is 21.7. The van der Waals surface area contributed by atoms with Crippen molar-refractivity contribution in [3.05, 3.63) is 90.7 Å². The van der Waals surface area contributed by atoms with Crippen LogP contribution in [0.3, 0.4) is 0 Å². The molecule has 0 aliphatic heterocycles. The number of allylic oxidation sites excluding steroid dienone is 1. The molecule has 152 valence electrons. The van der Waals surface area contributed by atoms with Gasteiger partial charge in [0.05, 0.1) is 22.3 Å². The molecule has 0 unspecified atom stereocenters. The molecule has 3 nitrogen and oxygen atoms in total. The molecular weight excluding hydrogens is 539 g/mol. The fourth-order valence-electron chi connectivity index (χ4n) is 2.75. The predicted molar refractivity (Wildman–Crippen MR) is 126 cm³/mol. The summed E-state index contributed by atoms with van der Waals surface area (Å²) in [7, 11) is 1.54. The van der Waals surface area contributed by atoms with Gasteiger partial charge in [-0.15, -0.1) is 0 Å². The van der Waals surface area contributed by atoms with Gasteiger partial charge in [0.15, 0.2) is 11.5 Å². The molecule has 0 atom stereocenters. The Bertz CT molecular complexity index is 1160. The van der Waals surface area contributed by atoms with Gasteiger partial charge < -0.3 is 9.47 Å². The minimum Gasteiger partial charge on any atom is -0.493 e. The van der Waals surface area contributed by atoms with Crippen molar-refractivity contribution < 1.29 is 13.9 Å². The van der Waals surface area contributed by atoms with E-state index in [4.69, 9.17) is 32.7 Å². The lowest BCUT2D eigenvalue weighted by Gasteiger charge is -2.14. The van der Waals surface area contributed by atoms with Gasteiger partial charge >= 0.3 is 0 Å². The number of nitrogens with zero attached hydrogens (tertiary/aromatic N) is 1. The highest BCUT2D eigenvalue weighted by Gasteiger charge is 2.13. The van der Waals surface area contributed by atoms with Crippen LogP contribution >= 0.6 is 45.8 Å². The van der Waals surface area contributed by atoms with E-state index in [1.165, 1.54) is 12.1 Å². The van der Waals surface area contributed by atoms with Gasteiger partial charge in [-0.3, -0.25) is 0 Å². The summed E-state index contributed by atoms with van der Waals surface area (Å²) in [6.45, 7) is 0.240. The predicted octanol–water partition coefficient (Wildman–Crippen LogP) is 7.39. The third-order valence-electron chi connectivity index (χ3n) is 4.21. The van der Waals surface area contributed by atoms with Crippen molar-refractivity contribution in [2.75, 3.05) is 7.11 Å². The fourth-order valence-corrected chi connectivity index (χ4v) is 4.00. The number of methoxy groups -OCH3 is 1. The minimum absolute atomic E-state index is 0.240. The van der Waals surface area contributed by atoms with Gasteiger partial charge in [0.1, 0.15) is 12.4 Å². The Balaban J connectivity index is 1.90. The minimum atomic E-state index is -0.398. The largest absolute Gasteiger partial charge is 0.493 e. The summed E-state index contributed by atoms with van der Waals surface area (Å²) in [6.07, 6.45) is 1.68. The van der Waals surface area contributed by atoms with E-state index in [1.807, 2.05) is 6.07 Å². The molecule has 0 aromatic heterocycles. The molecule has 0 amide bonds. The van der Waals surface area contributed by atoms with Crippen molar-refractivity contribution in [2.45, 2.75) is 6.61 Å². The highest BCUT2D eigenvalue weighted by Crippen LogP contribution is 2.36. The van der Waals surface area contributed by atoms with E-state index >= 15 is 0 Å². The van der Waals surface area contributed by atoms with E-state index in [9.17, 15) is 9.65 Å². The third kappa shape index (κ3) is 5.45. The highest BCUT2D eigenvalue weighted by atomic mass is 127. The standard InChI is InChI=1S/C23H15Cl2FINO2/c1-29-22-9-14(7-17(12-28)15-3-2-4-19(26)10-15)8-21(27)23(22)30-13-16-5-6-18(24)11-20(16)25/h2-11H,13H2,1H3/b17-7-. The molecular formula is C23H15Cl2FINO2. The van der Waals surface area contributed by atoms with Crippen LogP contribution in [0.15, 0.2) is 54.6 Å². The first-order valence-electron chi connectivity index (χ1n) is 8.73. The zero-order valence-corrected chi connectivity index (χ0v) is 19.4. The first-order chi connectivity index (χ1) is 14.4. The van der Waals surface area contributed by atoms with Crippen LogP contribution < -0.4 is 9.47 Å². The van der Waals surface area contributed by atoms with Crippen LogP contribution in [0.1, 0.15) is 16.7 Å². The smallest absolute Gasteiger partial charge is 0.174 e. The van der Waals surface area contributed by atoms with Crippen molar-refractivity contribution in [3.63, 3.8) is 0 Å². The van der Waals surface area contributed by atoms with Gasteiger partial charge in [0, 0.05) is 15.6 Å². The first kappa shape index (κ1) is 22.4. The zero-order valence-electron chi connectivity index (χ0n) is 15.8. The normalized spacial score (nSPS) is 11.1. The van der Waals surface area contributed by atoms with Crippen LogP contribution in [-0.2, 0) is 6.61 Å². The maximum atomic E-state index is 13.5. The van der Waals surface area contributed by atoms with Crippen molar-refractivity contribution in [1.82, 2.24) is 0 Å². The Kier molecular flexibility index (Phi) is 7.59. The molecule has 30 heavy (non-hydrogen) atoms. The summed E-state index contributed by atoms with van der Waals surface area (Å²) >= 11 is 14.3. The van der Waals surface area contributed by atoms with Gasteiger partial charge in [-0.05, 0) is 76.2 Å². The molecule has 0 aliphatic carbocycles. The molecule has 3 aromatic carbocycles. The molecule has 0 N–H and O–H groups in total. The average Bonchev–Trinajstić information content (AvgIpc) is 2.72. The highest BCUT2D eigenvalue weighted by molar-refractivity contribution is 14.1. The molecule has 0 saturated carbocycles. The van der Waals surface area contributed by atoms with Crippen LogP contribution in [0.2, 0.25) is 10.0 Å². The summed E-state index contributed by atoms with van der Waals surface area (Å²) in [6, 6.07) is 16.9. The van der Waals surface area contributed by atoms with Gasteiger partial charge in [-0.25, -0.2) is 4.39 Å². The SMILES string of the molecule is COc1cc(/C=C(/C#N)c2cccc(F)c2)cc(I)c1OCc1ccc(Cl)cc1Cl. The van der Waals surface area contributed by atoms with E-state index in [0.29, 0.717) is 32.7 Å². The topological polar surface area (TPSA) is 42.2 Å². The Labute approximate surface area is 197 Å². The van der Waals surface area contributed by atoms with Crippen LogP contribution in [0, 0.1) is 20.7 Å². The van der Waals surface area contributed by atoms with Crippen molar-refractivity contribution in [2.24, 2.45) is 0 Å². The van der Waals surface area contributed by atoms with E-state index < -0.39 is 5.82 Å². The van der Waals surface area contributed by atoms with E-state index in [-0.39, 0.29) is 6.61 Å². The lowest BCUT2D eigenvalue weighted by molar-refractivity contribution is 0.282. The molecule has 0 bridgehead atoms. The second kappa shape index (κ2) is 10.2. The summed E-state index contributed by atoms with van der Waals surface area (Å²) in [5, 5.41) is 10.6. The van der Waals surface area contributed by atoms with Crippen LogP contribution in [0.4, 0.5) is 4.39 Å². The molecule has 0 heterocycles. The Morgan fingerprint density at radius 1 is 1.17 bits per heavy atom. The number of rotatable bonds is 6. The Morgan fingerprint density at radius 3 is 2.63 bits per heavy atom. The van der Waals surface area contributed by atoms with E-state index in [1.54, 1.807) is 49.6 Å². The molecule has 7 heteroatoms. The van der Waals surface area contributed by atoms with Crippen molar-refractivity contribution in [1.29, 1.82) is 5.26 Å². The lowest BCUT2D eigenvalue weighted by atomic mass is 10.0. The van der Waals surface area contributed by atoms with Crippen LogP contribution in [-0.4, -0.2) is 7.11 Å². The Morgan fingerprint density at radius 2 is 1.97 bits per heavy atom. The quantitative estimate of drug-likeness (QED) is 0.181. The summed E-state index contributed by atoms with van der Waals surface area (Å²) in [5.41, 5.74) is 2.37. The summed E-state index contributed by atoms with van der Waals surface area (Å²) < 4.78 is 25.8. The molecule has 0 radical (unpaired) electrons.